The van der Waals surface area contributed by atoms with Crippen LogP contribution in [0.4, 0.5) is 0 Å². The number of nitrogens with zero attached hydrogens (tertiary/aromatic N) is 2. The summed E-state index contributed by atoms with van der Waals surface area (Å²) in [5.41, 5.74) is 5.51. The third-order valence-electron chi connectivity index (χ3n) is 4.66. The number of amides is 1. The van der Waals surface area contributed by atoms with Crippen LogP contribution in [0.15, 0.2) is 65.9 Å². The first-order valence-electron chi connectivity index (χ1n) is 8.57. The van der Waals surface area contributed by atoms with Crippen molar-refractivity contribution >= 4 is 23.0 Å². The molecule has 26 heavy (non-hydrogen) atoms. The Balaban J connectivity index is 1.43. The van der Waals surface area contributed by atoms with E-state index in [1.165, 1.54) is 5.56 Å². The Hall–Kier alpha value is -3.21. The lowest BCUT2D eigenvalue weighted by molar-refractivity contribution is -0.122. The molecule has 0 spiro atoms. The molecule has 1 aromatic heterocycles. The van der Waals surface area contributed by atoms with Gasteiger partial charge in [0.25, 0.3) is 0 Å². The van der Waals surface area contributed by atoms with Gasteiger partial charge in [0.15, 0.2) is 0 Å². The second kappa shape index (κ2) is 6.96. The lowest BCUT2D eigenvalue weighted by Gasteiger charge is -2.06. The van der Waals surface area contributed by atoms with Crippen molar-refractivity contribution in [2.24, 2.45) is 11.0 Å². The molecule has 0 radical (unpaired) electrons. The molecule has 1 N–H and O–H groups in total. The van der Waals surface area contributed by atoms with Crippen LogP contribution < -0.4 is 10.2 Å². The van der Waals surface area contributed by atoms with E-state index < -0.39 is 0 Å². The summed E-state index contributed by atoms with van der Waals surface area (Å²) in [6.45, 7) is 0. The van der Waals surface area contributed by atoms with Gasteiger partial charge >= 0.3 is 0 Å². The number of fused-ring (bicyclic) bond motifs is 1. The van der Waals surface area contributed by atoms with Crippen LogP contribution in [0.2, 0.25) is 0 Å². The van der Waals surface area contributed by atoms with E-state index >= 15 is 0 Å². The second-order valence-corrected chi connectivity index (χ2v) is 6.39. The summed E-state index contributed by atoms with van der Waals surface area (Å²) >= 11 is 0. The van der Waals surface area contributed by atoms with E-state index in [1.54, 1.807) is 19.5 Å². The quantitative estimate of drug-likeness (QED) is 0.569. The lowest BCUT2D eigenvalue weighted by Crippen LogP contribution is -2.20. The van der Waals surface area contributed by atoms with Crippen molar-refractivity contribution in [1.82, 2.24) is 10.4 Å². The molecule has 2 atom stereocenters. The molecule has 3 aromatic rings. The van der Waals surface area contributed by atoms with Crippen molar-refractivity contribution in [2.75, 3.05) is 7.11 Å². The maximum absolute atomic E-state index is 12.3. The van der Waals surface area contributed by atoms with E-state index in [0.717, 1.165) is 22.9 Å². The number of hydrogen-bond donors (Lipinski definition) is 1. The summed E-state index contributed by atoms with van der Waals surface area (Å²) in [6, 6.07) is 17.8. The summed E-state index contributed by atoms with van der Waals surface area (Å²) in [6.07, 6.45) is 4.24. The Morgan fingerprint density at radius 2 is 2.08 bits per heavy atom. The Morgan fingerprint density at radius 3 is 2.88 bits per heavy atom. The summed E-state index contributed by atoms with van der Waals surface area (Å²) < 4.78 is 5.40. The standard InChI is InChI=1S/C21H19N3O2/c1-26-19-11-14(10-16-8-5-9-22-20(16)19)13-23-24-21(25)18-12-17(18)15-6-3-2-4-7-15/h2-11,13,17-18H,12H2,1H3,(H,24,25)/t17-,18+/m0/s1. The summed E-state index contributed by atoms with van der Waals surface area (Å²) in [5, 5.41) is 5.08. The fourth-order valence-corrected chi connectivity index (χ4v) is 3.22. The molecule has 0 saturated heterocycles. The molecule has 2 aromatic carbocycles. The van der Waals surface area contributed by atoms with Gasteiger partial charge in [-0.15, -0.1) is 0 Å². The number of nitrogens with one attached hydrogen (secondary N) is 1. The van der Waals surface area contributed by atoms with E-state index in [1.807, 2.05) is 42.5 Å². The monoisotopic (exact) mass is 345 g/mol. The van der Waals surface area contributed by atoms with Crippen LogP contribution in [-0.4, -0.2) is 24.2 Å². The molecule has 1 saturated carbocycles. The highest BCUT2D eigenvalue weighted by atomic mass is 16.5. The van der Waals surface area contributed by atoms with Crippen molar-refractivity contribution < 1.29 is 9.53 Å². The van der Waals surface area contributed by atoms with Gasteiger partial charge in [-0.25, -0.2) is 5.43 Å². The number of ether oxygens (including phenoxy) is 1. The number of aromatic nitrogens is 1. The first-order chi connectivity index (χ1) is 12.8. The summed E-state index contributed by atoms with van der Waals surface area (Å²) in [4.78, 5) is 16.6. The minimum Gasteiger partial charge on any atom is -0.494 e. The zero-order valence-corrected chi connectivity index (χ0v) is 14.4. The Labute approximate surface area is 151 Å². The van der Waals surface area contributed by atoms with E-state index in [9.17, 15) is 4.79 Å². The lowest BCUT2D eigenvalue weighted by atomic mass is 10.1. The van der Waals surface area contributed by atoms with Crippen molar-refractivity contribution in [2.45, 2.75) is 12.3 Å². The highest BCUT2D eigenvalue weighted by molar-refractivity contribution is 5.93. The number of carbonyl (C=O) groups excluding carboxylic acids is 1. The smallest absolute Gasteiger partial charge is 0.243 e. The Bertz CT molecular complexity index is 969. The number of benzene rings is 2. The maximum Gasteiger partial charge on any atom is 0.243 e. The highest BCUT2D eigenvalue weighted by Crippen LogP contribution is 2.47. The number of carbonyl (C=O) groups is 1. The number of hydrogen-bond acceptors (Lipinski definition) is 4. The van der Waals surface area contributed by atoms with Crippen molar-refractivity contribution in [3.8, 4) is 5.75 Å². The highest BCUT2D eigenvalue weighted by Gasteiger charge is 2.43. The van der Waals surface area contributed by atoms with Gasteiger partial charge < -0.3 is 4.74 Å². The number of methoxy groups -OCH3 is 1. The van der Waals surface area contributed by atoms with Gasteiger partial charge in [0.1, 0.15) is 11.3 Å². The van der Waals surface area contributed by atoms with Gasteiger partial charge in [0, 0.05) is 17.5 Å². The molecule has 1 amide bonds. The molecule has 0 unspecified atom stereocenters. The number of rotatable bonds is 5. The average Bonchev–Trinajstić information content (AvgIpc) is 3.49. The fourth-order valence-electron chi connectivity index (χ4n) is 3.22. The first kappa shape index (κ1) is 16.3. The van der Waals surface area contributed by atoms with Crippen LogP contribution >= 0.6 is 0 Å². The van der Waals surface area contributed by atoms with E-state index in [4.69, 9.17) is 4.74 Å². The van der Waals surface area contributed by atoms with Gasteiger partial charge in [0.2, 0.25) is 5.91 Å². The predicted octanol–water partition coefficient (Wildman–Crippen LogP) is 3.50. The second-order valence-electron chi connectivity index (χ2n) is 6.39. The van der Waals surface area contributed by atoms with E-state index in [0.29, 0.717) is 11.7 Å². The number of hydrazone groups is 1. The zero-order valence-electron chi connectivity index (χ0n) is 14.4. The fraction of sp³-hybridized carbons (Fsp3) is 0.190. The van der Waals surface area contributed by atoms with Gasteiger partial charge in [-0.2, -0.15) is 5.10 Å². The minimum atomic E-state index is -0.0375. The van der Waals surface area contributed by atoms with Crippen LogP contribution in [0.1, 0.15) is 23.5 Å². The number of pyridine rings is 1. The van der Waals surface area contributed by atoms with Crippen LogP contribution in [-0.2, 0) is 4.79 Å². The van der Waals surface area contributed by atoms with Crippen molar-refractivity contribution in [3.05, 3.63) is 71.9 Å². The third kappa shape index (κ3) is 3.28. The van der Waals surface area contributed by atoms with Gasteiger partial charge in [-0.1, -0.05) is 36.4 Å². The molecule has 5 heteroatoms. The third-order valence-corrected chi connectivity index (χ3v) is 4.66. The van der Waals surface area contributed by atoms with Gasteiger partial charge in [-0.3, -0.25) is 9.78 Å². The van der Waals surface area contributed by atoms with Crippen molar-refractivity contribution in [1.29, 1.82) is 0 Å². The Kier molecular flexibility index (Phi) is 4.35. The molecule has 1 fully saturated rings. The topological polar surface area (TPSA) is 63.6 Å². The van der Waals surface area contributed by atoms with E-state index in [-0.39, 0.29) is 11.8 Å². The molecule has 1 aliphatic rings. The minimum absolute atomic E-state index is 0.00453. The van der Waals surface area contributed by atoms with Crippen LogP contribution in [0, 0.1) is 5.92 Å². The molecule has 5 nitrogen and oxygen atoms in total. The van der Waals surface area contributed by atoms with Gasteiger partial charge in [-0.05, 0) is 41.7 Å². The van der Waals surface area contributed by atoms with Crippen LogP contribution in [0.3, 0.4) is 0 Å². The molecule has 0 bridgehead atoms. The largest absolute Gasteiger partial charge is 0.494 e. The molecular formula is C21H19N3O2. The summed E-state index contributed by atoms with van der Waals surface area (Å²) in [5.74, 6) is 0.954. The van der Waals surface area contributed by atoms with Crippen molar-refractivity contribution in [3.63, 3.8) is 0 Å². The maximum atomic E-state index is 12.3. The van der Waals surface area contributed by atoms with E-state index in [2.05, 4.69) is 27.6 Å². The molecule has 1 aliphatic carbocycles. The normalized spacial score (nSPS) is 18.8. The predicted molar refractivity (Wildman–Crippen MR) is 101 cm³/mol. The molecular weight excluding hydrogens is 326 g/mol. The van der Waals surface area contributed by atoms with Crippen LogP contribution in [0.25, 0.3) is 10.9 Å². The average molecular weight is 345 g/mol. The SMILES string of the molecule is COc1cc(C=NNC(=O)[C@@H]2C[C@H]2c2ccccc2)cc2cccnc12. The molecule has 4 rings (SSSR count). The molecule has 1 heterocycles. The Morgan fingerprint density at radius 1 is 1.23 bits per heavy atom. The zero-order chi connectivity index (χ0) is 17.9. The van der Waals surface area contributed by atoms with Gasteiger partial charge in [0.05, 0.1) is 13.3 Å². The van der Waals surface area contributed by atoms with Crippen LogP contribution in [0.5, 0.6) is 5.75 Å². The summed E-state index contributed by atoms with van der Waals surface area (Å²) in [7, 11) is 1.61. The first-order valence-corrected chi connectivity index (χ1v) is 8.57. The molecule has 0 aliphatic heterocycles. The molecule has 130 valence electrons.